The summed E-state index contributed by atoms with van der Waals surface area (Å²) in [6, 6.07) is 9.72. The monoisotopic (exact) mass is 399 g/mol. The Hall–Kier alpha value is -1.86. The van der Waals surface area contributed by atoms with Gasteiger partial charge in [0.15, 0.2) is 0 Å². The number of nitrogens with one attached hydrogen (secondary N) is 2. The molecule has 0 radical (unpaired) electrons. The highest BCUT2D eigenvalue weighted by atomic mass is 35.5. The van der Waals surface area contributed by atoms with E-state index in [1.165, 1.54) is 30.6 Å². The van der Waals surface area contributed by atoms with Crippen molar-refractivity contribution in [2.45, 2.75) is 25.1 Å². The molecule has 2 atom stereocenters. The maximum atomic E-state index is 12.2. The standard InChI is InChI=1S/C18H21N3O3.2ClH/c1-24-15-6-14(8-19-10-15)18(23)21-11-17(22)16-7-12-4-2-3-5-13(12)9-20-16;;/h2-6,8,10,16-17,20,22H,7,9,11H2,1H3,(H,21,23);2*1H/t16-,17+;;/m0../s1. The number of carbonyl (C=O) groups is 1. The predicted molar refractivity (Wildman–Crippen MR) is 104 cm³/mol. The number of methoxy groups -OCH3 is 1. The second-order valence-corrected chi connectivity index (χ2v) is 5.85. The Morgan fingerprint density at radius 3 is 2.81 bits per heavy atom. The van der Waals surface area contributed by atoms with Crippen LogP contribution in [0.3, 0.4) is 0 Å². The minimum absolute atomic E-state index is 0. The lowest BCUT2D eigenvalue weighted by Gasteiger charge is -2.30. The van der Waals surface area contributed by atoms with Gasteiger partial charge in [-0.2, -0.15) is 0 Å². The summed E-state index contributed by atoms with van der Waals surface area (Å²) in [6.07, 6.45) is 3.09. The Kier molecular flexibility index (Phi) is 8.81. The van der Waals surface area contributed by atoms with E-state index in [0.717, 1.165) is 13.0 Å². The molecule has 142 valence electrons. The van der Waals surface area contributed by atoms with Gasteiger partial charge in [0, 0.05) is 25.3 Å². The van der Waals surface area contributed by atoms with Crippen LogP contribution in [0.4, 0.5) is 0 Å². The molecule has 6 nitrogen and oxygen atoms in total. The number of ether oxygens (including phenoxy) is 1. The molecule has 0 unspecified atom stereocenters. The van der Waals surface area contributed by atoms with E-state index >= 15 is 0 Å². The summed E-state index contributed by atoms with van der Waals surface area (Å²) in [5.74, 6) is 0.241. The molecule has 0 saturated heterocycles. The lowest BCUT2D eigenvalue weighted by atomic mass is 9.93. The number of aliphatic hydroxyl groups excluding tert-OH is 1. The maximum absolute atomic E-state index is 12.2. The number of aliphatic hydroxyl groups is 1. The van der Waals surface area contributed by atoms with Gasteiger partial charge < -0.3 is 20.5 Å². The zero-order chi connectivity index (χ0) is 16.9. The smallest absolute Gasteiger partial charge is 0.253 e. The first kappa shape index (κ1) is 22.2. The zero-order valence-electron chi connectivity index (χ0n) is 14.3. The van der Waals surface area contributed by atoms with E-state index in [9.17, 15) is 9.90 Å². The van der Waals surface area contributed by atoms with Crippen LogP contribution in [0.2, 0.25) is 0 Å². The molecule has 0 bridgehead atoms. The van der Waals surface area contributed by atoms with E-state index in [1.807, 2.05) is 12.1 Å². The number of carbonyl (C=O) groups excluding carboxylic acids is 1. The first-order valence-corrected chi connectivity index (χ1v) is 7.93. The van der Waals surface area contributed by atoms with Crippen LogP contribution in [-0.4, -0.2) is 41.8 Å². The zero-order valence-corrected chi connectivity index (χ0v) is 16.0. The van der Waals surface area contributed by atoms with E-state index in [4.69, 9.17) is 4.74 Å². The largest absolute Gasteiger partial charge is 0.495 e. The highest BCUT2D eigenvalue weighted by molar-refractivity contribution is 5.94. The second kappa shape index (κ2) is 10.3. The Morgan fingerprint density at radius 2 is 2.08 bits per heavy atom. The molecule has 3 N–H and O–H groups in total. The summed E-state index contributed by atoms with van der Waals surface area (Å²) in [5.41, 5.74) is 2.90. The summed E-state index contributed by atoms with van der Waals surface area (Å²) in [6.45, 7) is 0.904. The van der Waals surface area contributed by atoms with Crippen LogP contribution < -0.4 is 15.4 Å². The lowest BCUT2D eigenvalue weighted by molar-refractivity contribution is 0.0869. The summed E-state index contributed by atoms with van der Waals surface area (Å²) >= 11 is 0. The molecule has 2 aromatic rings. The molecule has 0 spiro atoms. The summed E-state index contributed by atoms with van der Waals surface area (Å²) in [5, 5.41) is 16.4. The van der Waals surface area contributed by atoms with Crippen LogP contribution >= 0.6 is 24.8 Å². The highest BCUT2D eigenvalue weighted by Crippen LogP contribution is 2.18. The molecule has 3 rings (SSSR count). The average molecular weight is 400 g/mol. The maximum Gasteiger partial charge on any atom is 0.253 e. The Balaban J connectivity index is 0.00000169. The summed E-state index contributed by atoms with van der Waals surface area (Å²) in [7, 11) is 1.52. The van der Waals surface area contributed by atoms with E-state index in [0.29, 0.717) is 11.3 Å². The van der Waals surface area contributed by atoms with Gasteiger partial charge in [0.1, 0.15) is 5.75 Å². The molecule has 1 aliphatic rings. The third-order valence-corrected chi connectivity index (χ3v) is 4.26. The van der Waals surface area contributed by atoms with Gasteiger partial charge in [-0.3, -0.25) is 9.78 Å². The number of halogens is 2. The van der Waals surface area contributed by atoms with Crippen molar-refractivity contribution in [3.8, 4) is 5.75 Å². The third kappa shape index (κ3) is 5.32. The van der Waals surface area contributed by atoms with Gasteiger partial charge in [0.05, 0.1) is 25.0 Å². The number of hydrogen-bond acceptors (Lipinski definition) is 5. The molecule has 8 heteroatoms. The van der Waals surface area contributed by atoms with Crippen LogP contribution in [0, 0.1) is 0 Å². The number of fused-ring (bicyclic) bond motifs is 1. The normalized spacial score (nSPS) is 16.3. The number of rotatable bonds is 5. The van der Waals surface area contributed by atoms with E-state index < -0.39 is 6.10 Å². The molecule has 1 aromatic heterocycles. The molecule has 26 heavy (non-hydrogen) atoms. The first-order valence-electron chi connectivity index (χ1n) is 7.93. The molecule has 0 fully saturated rings. The van der Waals surface area contributed by atoms with Gasteiger partial charge in [0.25, 0.3) is 5.91 Å². The third-order valence-electron chi connectivity index (χ3n) is 4.26. The number of aromatic nitrogens is 1. The number of benzene rings is 1. The minimum Gasteiger partial charge on any atom is -0.495 e. The van der Waals surface area contributed by atoms with Crippen molar-refractivity contribution in [1.29, 1.82) is 0 Å². The highest BCUT2D eigenvalue weighted by Gasteiger charge is 2.24. The van der Waals surface area contributed by atoms with E-state index in [2.05, 4.69) is 27.8 Å². The summed E-state index contributed by atoms with van der Waals surface area (Å²) < 4.78 is 5.06. The quantitative estimate of drug-likeness (QED) is 0.712. The Labute approximate surface area is 165 Å². The molecule has 0 saturated carbocycles. The SMILES string of the molecule is COc1cncc(C(=O)NC[C@@H](O)[C@@H]2Cc3ccccc3CN2)c1.Cl.Cl. The van der Waals surface area contributed by atoms with Crippen LogP contribution in [0.15, 0.2) is 42.7 Å². The van der Waals surface area contributed by atoms with Crippen LogP contribution in [-0.2, 0) is 13.0 Å². The van der Waals surface area contributed by atoms with Gasteiger partial charge in [-0.05, 0) is 23.6 Å². The number of nitrogens with zero attached hydrogens (tertiary/aromatic N) is 1. The molecular formula is C18H23Cl2N3O3. The van der Waals surface area contributed by atoms with E-state index in [-0.39, 0.29) is 43.3 Å². The number of hydrogen-bond donors (Lipinski definition) is 3. The van der Waals surface area contributed by atoms with Gasteiger partial charge >= 0.3 is 0 Å². The second-order valence-electron chi connectivity index (χ2n) is 5.85. The minimum atomic E-state index is -0.666. The fourth-order valence-electron chi connectivity index (χ4n) is 2.85. The molecule has 0 aliphatic carbocycles. The molecule has 1 amide bonds. The number of pyridine rings is 1. The van der Waals surface area contributed by atoms with Crippen molar-refractivity contribution in [1.82, 2.24) is 15.6 Å². The van der Waals surface area contributed by atoms with Crippen molar-refractivity contribution in [3.63, 3.8) is 0 Å². The molecule has 2 heterocycles. The topological polar surface area (TPSA) is 83.5 Å². The Bertz CT molecular complexity index is 730. The van der Waals surface area contributed by atoms with Crippen molar-refractivity contribution in [2.24, 2.45) is 0 Å². The predicted octanol–water partition coefficient (Wildman–Crippen LogP) is 1.74. The fraction of sp³-hybridized carbons (Fsp3) is 0.333. The van der Waals surface area contributed by atoms with Crippen LogP contribution in [0.5, 0.6) is 5.75 Å². The van der Waals surface area contributed by atoms with Crippen molar-refractivity contribution in [3.05, 3.63) is 59.4 Å². The van der Waals surface area contributed by atoms with Gasteiger partial charge in [-0.1, -0.05) is 24.3 Å². The first-order chi connectivity index (χ1) is 11.7. The van der Waals surface area contributed by atoms with Crippen LogP contribution in [0.1, 0.15) is 21.5 Å². The molecule has 1 aliphatic heterocycles. The average Bonchev–Trinajstić information content (AvgIpc) is 2.65. The molecule has 1 aromatic carbocycles. The van der Waals surface area contributed by atoms with Crippen molar-refractivity contribution in [2.75, 3.05) is 13.7 Å². The van der Waals surface area contributed by atoms with Gasteiger partial charge in [-0.25, -0.2) is 0 Å². The number of amides is 1. The molecular weight excluding hydrogens is 377 g/mol. The Morgan fingerprint density at radius 1 is 1.35 bits per heavy atom. The van der Waals surface area contributed by atoms with Crippen molar-refractivity contribution >= 4 is 30.7 Å². The summed E-state index contributed by atoms with van der Waals surface area (Å²) in [4.78, 5) is 16.1. The van der Waals surface area contributed by atoms with Gasteiger partial charge in [-0.15, -0.1) is 24.8 Å². The van der Waals surface area contributed by atoms with Gasteiger partial charge in [0.2, 0.25) is 0 Å². The van der Waals surface area contributed by atoms with Crippen molar-refractivity contribution < 1.29 is 14.6 Å². The van der Waals surface area contributed by atoms with Crippen LogP contribution in [0.25, 0.3) is 0 Å². The lowest BCUT2D eigenvalue weighted by Crippen LogP contribution is -2.49. The van der Waals surface area contributed by atoms with E-state index in [1.54, 1.807) is 6.07 Å². The fourth-order valence-corrected chi connectivity index (χ4v) is 2.85.